The van der Waals surface area contributed by atoms with Crippen LogP contribution in [0, 0.1) is 0 Å². The first-order chi connectivity index (χ1) is 5.40. The van der Waals surface area contributed by atoms with E-state index in [4.69, 9.17) is 11.6 Å². The molecule has 1 heterocycles. The Morgan fingerprint density at radius 2 is 2.36 bits per heavy atom. The second-order valence-electron chi connectivity index (χ2n) is 2.94. The van der Waals surface area contributed by atoms with Crippen LogP contribution in [0.4, 0.5) is 0 Å². The molecule has 1 aromatic rings. The third-order valence-electron chi connectivity index (χ3n) is 2.13. The maximum atomic E-state index is 5.69. The third kappa shape index (κ3) is 1.25. The molecule has 0 aromatic carbocycles. The first-order valence-corrected chi connectivity index (χ1v) is 4.46. The summed E-state index contributed by atoms with van der Waals surface area (Å²) in [5.74, 6) is 0.584. The number of aromatic nitrogens is 1. The van der Waals surface area contributed by atoms with Crippen LogP contribution < -0.4 is 0 Å². The van der Waals surface area contributed by atoms with Crippen LogP contribution >= 0.6 is 11.6 Å². The van der Waals surface area contributed by atoms with Crippen molar-refractivity contribution in [2.45, 2.75) is 25.1 Å². The molecule has 0 amide bonds. The van der Waals surface area contributed by atoms with Crippen molar-refractivity contribution in [2.75, 3.05) is 0 Å². The van der Waals surface area contributed by atoms with E-state index in [1.165, 1.54) is 24.1 Å². The highest BCUT2D eigenvalue weighted by Gasteiger charge is 2.11. The number of fused-ring (bicyclic) bond motifs is 1. The van der Waals surface area contributed by atoms with Gasteiger partial charge in [0.1, 0.15) is 0 Å². The molecule has 1 aromatic heterocycles. The van der Waals surface area contributed by atoms with E-state index in [-0.39, 0.29) is 0 Å². The molecule has 0 spiro atoms. The summed E-state index contributed by atoms with van der Waals surface area (Å²) >= 11 is 5.69. The van der Waals surface area contributed by atoms with Gasteiger partial charge < -0.3 is 0 Å². The molecule has 0 atom stereocenters. The predicted octanol–water partition coefficient (Wildman–Crippen LogP) is 2.31. The van der Waals surface area contributed by atoms with Crippen molar-refractivity contribution in [3.63, 3.8) is 0 Å². The number of aryl methyl sites for hydroxylation is 2. The van der Waals surface area contributed by atoms with Gasteiger partial charge in [-0.2, -0.15) is 0 Å². The number of alkyl halides is 1. The van der Waals surface area contributed by atoms with Gasteiger partial charge in [-0.1, -0.05) is 6.07 Å². The van der Waals surface area contributed by atoms with Crippen LogP contribution in [-0.4, -0.2) is 4.98 Å². The molecule has 58 valence electrons. The van der Waals surface area contributed by atoms with Gasteiger partial charge in [0.25, 0.3) is 0 Å². The van der Waals surface area contributed by atoms with Gasteiger partial charge in [-0.3, -0.25) is 4.98 Å². The highest BCUT2D eigenvalue weighted by atomic mass is 35.5. The molecule has 0 bridgehead atoms. The lowest BCUT2D eigenvalue weighted by Gasteiger charge is -1.99. The SMILES string of the molecule is ClCc1cnc2c(c1)CCC2. The monoisotopic (exact) mass is 167 g/mol. The molecule has 0 radical (unpaired) electrons. The van der Waals surface area contributed by atoms with Gasteiger partial charge in [-0.15, -0.1) is 11.6 Å². The van der Waals surface area contributed by atoms with Crippen molar-refractivity contribution in [1.29, 1.82) is 0 Å². The normalized spacial score (nSPS) is 15.0. The fraction of sp³-hybridized carbons (Fsp3) is 0.444. The number of nitrogens with zero attached hydrogens (tertiary/aromatic N) is 1. The summed E-state index contributed by atoms with van der Waals surface area (Å²) in [6, 6.07) is 2.18. The second-order valence-corrected chi connectivity index (χ2v) is 3.20. The van der Waals surface area contributed by atoms with E-state index in [0.717, 1.165) is 12.0 Å². The molecular weight excluding hydrogens is 158 g/mol. The zero-order valence-electron chi connectivity index (χ0n) is 6.31. The largest absolute Gasteiger partial charge is 0.261 e. The number of halogens is 1. The zero-order valence-corrected chi connectivity index (χ0v) is 7.06. The molecule has 0 fully saturated rings. The third-order valence-corrected chi connectivity index (χ3v) is 2.44. The molecule has 0 saturated carbocycles. The summed E-state index contributed by atoms with van der Waals surface area (Å²) in [6.07, 6.45) is 5.48. The van der Waals surface area contributed by atoms with E-state index >= 15 is 0 Å². The maximum absolute atomic E-state index is 5.69. The second kappa shape index (κ2) is 2.82. The van der Waals surface area contributed by atoms with Crippen molar-refractivity contribution in [1.82, 2.24) is 4.98 Å². The summed E-state index contributed by atoms with van der Waals surface area (Å²) < 4.78 is 0. The Morgan fingerprint density at radius 3 is 3.18 bits per heavy atom. The van der Waals surface area contributed by atoms with E-state index in [1.807, 2.05) is 6.20 Å². The van der Waals surface area contributed by atoms with Crippen LogP contribution in [0.2, 0.25) is 0 Å². The molecule has 0 unspecified atom stereocenters. The number of hydrogen-bond acceptors (Lipinski definition) is 1. The fourth-order valence-electron chi connectivity index (χ4n) is 1.55. The summed E-state index contributed by atoms with van der Waals surface area (Å²) in [4.78, 5) is 4.35. The lowest BCUT2D eigenvalue weighted by molar-refractivity contribution is 0.899. The smallest absolute Gasteiger partial charge is 0.0489 e. The zero-order chi connectivity index (χ0) is 7.68. The quantitative estimate of drug-likeness (QED) is 0.585. The molecule has 2 rings (SSSR count). The Balaban J connectivity index is 2.41. The molecule has 1 nitrogen and oxygen atoms in total. The molecule has 1 aliphatic carbocycles. The van der Waals surface area contributed by atoms with Gasteiger partial charge >= 0.3 is 0 Å². The van der Waals surface area contributed by atoms with E-state index in [0.29, 0.717) is 5.88 Å². The Bertz CT molecular complexity index is 270. The highest BCUT2D eigenvalue weighted by molar-refractivity contribution is 6.17. The Morgan fingerprint density at radius 1 is 1.45 bits per heavy atom. The van der Waals surface area contributed by atoms with Crippen LogP contribution in [0.3, 0.4) is 0 Å². The van der Waals surface area contributed by atoms with Gasteiger partial charge in [-0.05, 0) is 30.4 Å². The van der Waals surface area contributed by atoms with Gasteiger partial charge in [0.15, 0.2) is 0 Å². The van der Waals surface area contributed by atoms with E-state index in [2.05, 4.69) is 11.1 Å². The lowest BCUT2D eigenvalue weighted by atomic mass is 10.2. The van der Waals surface area contributed by atoms with Crippen molar-refractivity contribution < 1.29 is 0 Å². The first-order valence-electron chi connectivity index (χ1n) is 3.93. The molecular formula is C9H10ClN. The molecule has 0 saturated heterocycles. The molecule has 1 aliphatic rings. The van der Waals surface area contributed by atoms with Crippen LogP contribution in [0.25, 0.3) is 0 Å². The van der Waals surface area contributed by atoms with Crippen LogP contribution in [0.1, 0.15) is 23.2 Å². The minimum absolute atomic E-state index is 0.584. The minimum atomic E-state index is 0.584. The van der Waals surface area contributed by atoms with Gasteiger partial charge in [0.2, 0.25) is 0 Å². The number of rotatable bonds is 1. The van der Waals surface area contributed by atoms with E-state index in [1.54, 1.807) is 0 Å². The summed E-state index contributed by atoms with van der Waals surface area (Å²) in [5, 5.41) is 0. The average Bonchev–Trinajstić information content (AvgIpc) is 2.50. The Labute approximate surface area is 71.4 Å². The van der Waals surface area contributed by atoms with E-state index in [9.17, 15) is 0 Å². The molecule has 11 heavy (non-hydrogen) atoms. The summed E-state index contributed by atoms with van der Waals surface area (Å²) in [5.41, 5.74) is 3.83. The van der Waals surface area contributed by atoms with E-state index < -0.39 is 0 Å². The van der Waals surface area contributed by atoms with Gasteiger partial charge in [0.05, 0.1) is 0 Å². The standard InChI is InChI=1S/C9H10ClN/c10-5-7-4-8-2-1-3-9(8)11-6-7/h4,6H,1-3,5H2. The number of pyridine rings is 1. The predicted molar refractivity (Wildman–Crippen MR) is 45.8 cm³/mol. The van der Waals surface area contributed by atoms with Gasteiger partial charge in [0, 0.05) is 17.8 Å². The van der Waals surface area contributed by atoms with Crippen LogP contribution in [-0.2, 0) is 18.7 Å². The Kier molecular flexibility index (Phi) is 1.82. The topological polar surface area (TPSA) is 12.9 Å². The van der Waals surface area contributed by atoms with Crippen molar-refractivity contribution in [2.24, 2.45) is 0 Å². The lowest BCUT2D eigenvalue weighted by Crippen LogP contribution is -1.89. The number of hydrogen-bond donors (Lipinski definition) is 0. The minimum Gasteiger partial charge on any atom is -0.261 e. The summed E-state index contributed by atoms with van der Waals surface area (Å²) in [7, 11) is 0. The fourth-order valence-corrected chi connectivity index (χ4v) is 1.70. The first kappa shape index (κ1) is 7.11. The maximum Gasteiger partial charge on any atom is 0.0489 e. The summed E-state index contributed by atoms with van der Waals surface area (Å²) in [6.45, 7) is 0. The van der Waals surface area contributed by atoms with Crippen LogP contribution in [0.15, 0.2) is 12.3 Å². The average molecular weight is 168 g/mol. The van der Waals surface area contributed by atoms with Crippen LogP contribution in [0.5, 0.6) is 0 Å². The molecule has 2 heteroatoms. The van der Waals surface area contributed by atoms with Crippen molar-refractivity contribution in [3.05, 3.63) is 29.1 Å². The van der Waals surface area contributed by atoms with Crippen molar-refractivity contribution >= 4 is 11.6 Å². The van der Waals surface area contributed by atoms with Crippen molar-refractivity contribution in [3.8, 4) is 0 Å². The Hall–Kier alpha value is -0.560. The molecule has 0 N–H and O–H groups in total. The molecule has 0 aliphatic heterocycles. The van der Waals surface area contributed by atoms with Gasteiger partial charge in [-0.25, -0.2) is 0 Å². The highest BCUT2D eigenvalue weighted by Crippen LogP contribution is 2.20.